The molecule has 11 heteroatoms. The lowest BCUT2D eigenvalue weighted by molar-refractivity contribution is -0.142. The van der Waals surface area contributed by atoms with E-state index in [1.807, 2.05) is 48.5 Å². The minimum atomic E-state index is -1.13. The van der Waals surface area contributed by atoms with E-state index < -0.39 is 23.7 Å². The molecular formula is C32H35N3O7S. The van der Waals surface area contributed by atoms with E-state index in [4.69, 9.17) is 14.3 Å². The molecule has 0 fully saturated rings. The number of fused-ring (bicyclic) bond motifs is 1. The van der Waals surface area contributed by atoms with Crippen molar-refractivity contribution in [1.82, 2.24) is 9.47 Å². The van der Waals surface area contributed by atoms with Crippen LogP contribution in [0.5, 0.6) is 5.75 Å². The van der Waals surface area contributed by atoms with Crippen LogP contribution in [0.15, 0.2) is 82.7 Å². The number of thiazole rings is 1. The molecule has 0 radical (unpaired) electrons. The summed E-state index contributed by atoms with van der Waals surface area (Å²) < 4.78 is 13.7. The number of rotatable bonds is 11. The maximum Gasteiger partial charge on any atom is 0.410 e. The minimum absolute atomic E-state index is 0.0927. The molecule has 1 N–H and O–H groups in total. The van der Waals surface area contributed by atoms with Gasteiger partial charge >= 0.3 is 16.9 Å². The van der Waals surface area contributed by atoms with Crippen LogP contribution in [-0.4, -0.2) is 64.8 Å². The molecule has 10 nitrogen and oxygen atoms in total. The van der Waals surface area contributed by atoms with Crippen molar-refractivity contribution in [3.8, 4) is 5.75 Å². The molecule has 226 valence electrons. The summed E-state index contributed by atoms with van der Waals surface area (Å²) in [5, 5.41) is 13.9. The molecule has 0 aliphatic carbocycles. The van der Waals surface area contributed by atoms with Crippen molar-refractivity contribution in [2.24, 2.45) is 5.16 Å². The number of nitrogens with zero attached hydrogens (tertiary/aromatic N) is 3. The number of carbonyl (C=O) groups is 2. The van der Waals surface area contributed by atoms with Gasteiger partial charge in [-0.3, -0.25) is 14.3 Å². The molecule has 4 rings (SSSR count). The summed E-state index contributed by atoms with van der Waals surface area (Å²) in [5.74, 6) is -0.550. The molecular weight excluding hydrogens is 570 g/mol. The summed E-state index contributed by atoms with van der Waals surface area (Å²) in [4.78, 5) is 43.2. The molecule has 0 saturated heterocycles. The standard InChI is InChI=1S/C32H35N3O7S/c1-32(2,3)42-30(38)34(4)26(29(36)37)19-21-11-14-24(15-12-21)41-18-17-35-25-16-13-23(20-27(25)43-31(35)39)28(33-40-5)22-9-7-6-8-10-22/h6-16,20,26H,17-19H2,1-5H3,(H,36,37). The molecule has 43 heavy (non-hydrogen) atoms. The zero-order valence-electron chi connectivity index (χ0n) is 24.8. The Kier molecular flexibility index (Phi) is 9.87. The Morgan fingerprint density at radius 2 is 1.72 bits per heavy atom. The number of ether oxygens (including phenoxy) is 2. The molecule has 0 aliphatic rings. The van der Waals surface area contributed by atoms with Crippen molar-refractivity contribution < 1.29 is 29.0 Å². The fraction of sp³-hybridized carbons (Fsp3) is 0.312. The van der Waals surface area contributed by atoms with Gasteiger partial charge in [-0.15, -0.1) is 0 Å². The summed E-state index contributed by atoms with van der Waals surface area (Å²) in [5.41, 5.74) is 3.21. The van der Waals surface area contributed by atoms with Crippen LogP contribution in [0, 0.1) is 0 Å². The molecule has 1 aromatic heterocycles. The second-order valence-corrected chi connectivity index (χ2v) is 11.8. The van der Waals surface area contributed by atoms with Crippen molar-refractivity contribution in [2.75, 3.05) is 20.8 Å². The largest absolute Gasteiger partial charge is 0.492 e. The highest BCUT2D eigenvalue weighted by Gasteiger charge is 2.30. The molecule has 1 heterocycles. The molecule has 0 bridgehead atoms. The fourth-order valence-corrected chi connectivity index (χ4v) is 5.39. The number of likely N-dealkylation sites (N-methyl/N-ethyl adjacent to an activating group) is 1. The van der Waals surface area contributed by atoms with E-state index in [0.29, 0.717) is 18.0 Å². The second-order valence-electron chi connectivity index (χ2n) is 10.8. The van der Waals surface area contributed by atoms with E-state index in [1.54, 1.807) is 49.6 Å². The first-order valence-electron chi connectivity index (χ1n) is 13.7. The topological polar surface area (TPSA) is 120 Å². The predicted octanol–water partition coefficient (Wildman–Crippen LogP) is 5.40. The number of carbonyl (C=O) groups excluding carboxylic acids is 1. The third-order valence-electron chi connectivity index (χ3n) is 6.54. The summed E-state index contributed by atoms with van der Waals surface area (Å²) in [6, 6.07) is 21.4. The van der Waals surface area contributed by atoms with E-state index in [9.17, 15) is 19.5 Å². The Morgan fingerprint density at radius 3 is 2.35 bits per heavy atom. The molecule has 4 aromatic rings. The molecule has 0 saturated carbocycles. The fourth-order valence-electron chi connectivity index (χ4n) is 4.44. The van der Waals surface area contributed by atoms with Crippen molar-refractivity contribution in [2.45, 2.75) is 45.4 Å². The van der Waals surface area contributed by atoms with Gasteiger partial charge in [0.2, 0.25) is 0 Å². The number of oxime groups is 1. The summed E-state index contributed by atoms with van der Waals surface area (Å²) in [6.07, 6.45) is -0.600. The van der Waals surface area contributed by atoms with Crippen LogP contribution in [0.4, 0.5) is 4.79 Å². The van der Waals surface area contributed by atoms with Gasteiger partial charge in [-0.2, -0.15) is 0 Å². The average Bonchev–Trinajstić information content (AvgIpc) is 3.28. The number of hydrogen-bond donors (Lipinski definition) is 1. The Morgan fingerprint density at radius 1 is 1.02 bits per heavy atom. The Balaban J connectivity index is 1.40. The highest BCUT2D eigenvalue weighted by molar-refractivity contribution is 7.16. The number of amides is 1. The van der Waals surface area contributed by atoms with Gasteiger partial charge in [-0.25, -0.2) is 9.59 Å². The lowest BCUT2D eigenvalue weighted by Crippen LogP contribution is -2.46. The van der Waals surface area contributed by atoms with Crippen molar-refractivity contribution in [3.05, 3.63) is 99.2 Å². The van der Waals surface area contributed by atoms with E-state index in [1.165, 1.54) is 14.2 Å². The van der Waals surface area contributed by atoms with Crippen LogP contribution in [0.25, 0.3) is 10.2 Å². The van der Waals surface area contributed by atoms with Crippen LogP contribution in [0.3, 0.4) is 0 Å². The number of aromatic nitrogens is 1. The zero-order valence-corrected chi connectivity index (χ0v) is 25.6. The van der Waals surface area contributed by atoms with Crippen LogP contribution in [0.2, 0.25) is 0 Å². The van der Waals surface area contributed by atoms with Gasteiger partial charge in [0.1, 0.15) is 36.8 Å². The van der Waals surface area contributed by atoms with Gasteiger partial charge in [0.15, 0.2) is 0 Å². The maximum absolute atomic E-state index is 12.8. The van der Waals surface area contributed by atoms with Gasteiger partial charge in [-0.05, 0) is 50.6 Å². The summed E-state index contributed by atoms with van der Waals surface area (Å²) >= 11 is 1.16. The quantitative estimate of drug-likeness (QED) is 0.180. The highest BCUT2D eigenvalue weighted by atomic mass is 32.1. The number of carboxylic acid groups (broad SMARTS) is 1. The number of hydrogen-bond acceptors (Lipinski definition) is 8. The van der Waals surface area contributed by atoms with Crippen molar-refractivity contribution in [3.63, 3.8) is 0 Å². The van der Waals surface area contributed by atoms with Gasteiger partial charge in [0.25, 0.3) is 0 Å². The van der Waals surface area contributed by atoms with Gasteiger partial charge in [0.05, 0.1) is 16.8 Å². The predicted molar refractivity (Wildman–Crippen MR) is 166 cm³/mol. The third kappa shape index (κ3) is 8.01. The van der Waals surface area contributed by atoms with Crippen molar-refractivity contribution in [1.29, 1.82) is 0 Å². The van der Waals surface area contributed by atoms with Crippen LogP contribution in [-0.2, 0) is 27.3 Å². The van der Waals surface area contributed by atoms with Gasteiger partial charge in [-0.1, -0.05) is 65.0 Å². The molecule has 0 aliphatic heterocycles. The van der Waals surface area contributed by atoms with E-state index >= 15 is 0 Å². The van der Waals surface area contributed by atoms with Crippen LogP contribution < -0.4 is 9.61 Å². The highest BCUT2D eigenvalue weighted by Crippen LogP contribution is 2.22. The maximum atomic E-state index is 12.8. The molecule has 1 atom stereocenters. The Labute approximate surface area is 253 Å². The SMILES string of the molecule is CON=C(c1ccccc1)c1ccc2c(c1)sc(=O)n2CCOc1ccc(CC(C(=O)O)N(C)C(=O)OC(C)(C)C)cc1. The van der Waals surface area contributed by atoms with Crippen LogP contribution >= 0.6 is 11.3 Å². The molecule has 3 aromatic carbocycles. The Hall–Kier alpha value is -4.64. The molecule has 0 spiro atoms. The number of aliphatic carboxylic acids is 1. The first kappa shape index (κ1) is 31.3. The van der Waals surface area contributed by atoms with E-state index in [0.717, 1.165) is 43.1 Å². The van der Waals surface area contributed by atoms with E-state index in [-0.39, 0.29) is 17.9 Å². The second kappa shape index (κ2) is 13.6. The van der Waals surface area contributed by atoms with Crippen LogP contribution in [0.1, 0.15) is 37.5 Å². The van der Waals surface area contributed by atoms with Gasteiger partial charge < -0.3 is 19.4 Å². The normalized spacial score (nSPS) is 12.5. The van der Waals surface area contributed by atoms with Gasteiger partial charge in [0, 0.05) is 24.6 Å². The van der Waals surface area contributed by atoms with E-state index in [2.05, 4.69) is 5.16 Å². The average molecular weight is 606 g/mol. The van der Waals surface area contributed by atoms with Crippen molar-refractivity contribution >= 4 is 39.3 Å². The smallest absolute Gasteiger partial charge is 0.410 e. The summed E-state index contributed by atoms with van der Waals surface area (Å²) in [6.45, 7) is 5.77. The number of benzene rings is 3. The number of carboxylic acids is 1. The lowest BCUT2D eigenvalue weighted by Gasteiger charge is -2.28. The zero-order chi connectivity index (χ0) is 31.1. The third-order valence-corrected chi connectivity index (χ3v) is 7.48. The monoisotopic (exact) mass is 605 g/mol. The lowest BCUT2D eigenvalue weighted by atomic mass is 10.0. The summed E-state index contributed by atoms with van der Waals surface area (Å²) in [7, 11) is 2.92. The first-order valence-corrected chi connectivity index (χ1v) is 14.5. The molecule has 1 amide bonds. The molecule has 1 unspecified atom stereocenters. The minimum Gasteiger partial charge on any atom is -0.492 e. The first-order chi connectivity index (χ1) is 20.5. The Bertz CT molecular complexity index is 1650.